The van der Waals surface area contributed by atoms with Gasteiger partial charge in [0.15, 0.2) is 0 Å². The van der Waals surface area contributed by atoms with Crippen molar-refractivity contribution in [2.45, 2.75) is 44.8 Å². The van der Waals surface area contributed by atoms with Crippen molar-refractivity contribution in [1.29, 1.82) is 0 Å². The van der Waals surface area contributed by atoms with Gasteiger partial charge in [-0.15, -0.1) is 0 Å². The molecule has 1 N–H and O–H groups in total. The van der Waals surface area contributed by atoms with Crippen LogP contribution in [-0.4, -0.2) is 64.5 Å². The number of nitrogens with zero attached hydrogens (tertiary/aromatic N) is 4. The quantitative estimate of drug-likeness (QED) is 0.753. The maximum atomic E-state index is 12.1. The van der Waals surface area contributed by atoms with Crippen LogP contribution in [0.1, 0.15) is 32.1 Å². The zero-order valence-electron chi connectivity index (χ0n) is 14.2. The Bertz CT molecular complexity index is 543. The fraction of sp³-hybridized carbons (Fsp3) is 0.706. The minimum absolute atomic E-state index is 0.0562. The van der Waals surface area contributed by atoms with Crippen LogP contribution in [0.5, 0.6) is 0 Å². The van der Waals surface area contributed by atoms with E-state index >= 15 is 0 Å². The molecule has 0 spiro atoms. The lowest BCUT2D eigenvalue weighted by molar-refractivity contribution is -0.124. The van der Waals surface area contributed by atoms with E-state index in [-0.39, 0.29) is 12.0 Å². The molecule has 1 saturated heterocycles. The highest BCUT2D eigenvalue weighted by Gasteiger charge is 2.22. The van der Waals surface area contributed by atoms with Gasteiger partial charge in [-0.05, 0) is 32.1 Å². The number of morpholine rings is 1. The molecule has 1 fully saturated rings. The number of nitrogens with one attached hydrogen (secondary N) is 1. The molecule has 0 bridgehead atoms. The fourth-order valence-corrected chi connectivity index (χ4v) is 3.32. The van der Waals surface area contributed by atoms with Crippen molar-refractivity contribution in [2.75, 3.05) is 32.8 Å². The minimum Gasteiger partial charge on any atom is -0.374 e. The largest absolute Gasteiger partial charge is 0.374 e. The molecule has 7 nitrogen and oxygen atoms in total. The van der Waals surface area contributed by atoms with Crippen LogP contribution < -0.4 is 5.32 Å². The number of amides is 1. The molecule has 24 heavy (non-hydrogen) atoms. The molecule has 0 aromatic carbocycles. The molecular formula is C17H27N5O2. The van der Waals surface area contributed by atoms with E-state index in [1.165, 1.54) is 37.6 Å². The lowest BCUT2D eigenvalue weighted by Gasteiger charge is -2.32. The van der Waals surface area contributed by atoms with Gasteiger partial charge < -0.3 is 10.1 Å². The van der Waals surface area contributed by atoms with E-state index in [4.69, 9.17) is 4.74 Å². The van der Waals surface area contributed by atoms with Crippen LogP contribution in [0.15, 0.2) is 24.3 Å². The number of carbonyl (C=O) groups is 1. The van der Waals surface area contributed by atoms with Gasteiger partial charge in [-0.1, -0.05) is 11.6 Å². The number of allylic oxidation sites excluding steroid dienone is 1. The highest BCUT2D eigenvalue weighted by molar-refractivity contribution is 5.78. The molecule has 2 aliphatic rings. The van der Waals surface area contributed by atoms with E-state index in [1.54, 1.807) is 11.0 Å². The normalized spacial score (nSPS) is 22.2. The van der Waals surface area contributed by atoms with Gasteiger partial charge in [0.05, 0.1) is 25.8 Å². The first-order valence-corrected chi connectivity index (χ1v) is 8.90. The van der Waals surface area contributed by atoms with E-state index < -0.39 is 0 Å². The zero-order valence-corrected chi connectivity index (χ0v) is 14.2. The Morgan fingerprint density at radius 1 is 1.42 bits per heavy atom. The van der Waals surface area contributed by atoms with Gasteiger partial charge >= 0.3 is 0 Å². The van der Waals surface area contributed by atoms with E-state index in [2.05, 4.69) is 26.4 Å². The summed E-state index contributed by atoms with van der Waals surface area (Å²) >= 11 is 0. The number of rotatable bonds is 7. The van der Waals surface area contributed by atoms with Gasteiger partial charge in [-0.3, -0.25) is 14.4 Å². The SMILES string of the molecule is O=C(CN1CCO[C@H](Cn2cncn2)C1)NCCC1=CCCCC1. The zero-order chi connectivity index (χ0) is 16.6. The predicted octanol–water partition coefficient (Wildman–Crippen LogP) is 0.986. The van der Waals surface area contributed by atoms with Gasteiger partial charge in [-0.2, -0.15) is 5.10 Å². The summed E-state index contributed by atoms with van der Waals surface area (Å²) in [7, 11) is 0. The fourth-order valence-electron chi connectivity index (χ4n) is 3.32. The Balaban J connectivity index is 1.35. The average Bonchev–Trinajstić information content (AvgIpc) is 3.09. The summed E-state index contributed by atoms with van der Waals surface area (Å²) in [6, 6.07) is 0. The second-order valence-corrected chi connectivity index (χ2v) is 6.55. The van der Waals surface area contributed by atoms with Gasteiger partial charge in [0.2, 0.25) is 5.91 Å². The van der Waals surface area contributed by atoms with Crippen molar-refractivity contribution in [1.82, 2.24) is 25.0 Å². The number of hydrogen-bond acceptors (Lipinski definition) is 5. The lowest BCUT2D eigenvalue weighted by atomic mass is 9.97. The molecular weight excluding hydrogens is 306 g/mol. The Labute approximate surface area is 143 Å². The number of carbonyl (C=O) groups excluding carboxylic acids is 1. The maximum absolute atomic E-state index is 12.1. The van der Waals surface area contributed by atoms with Crippen molar-refractivity contribution >= 4 is 5.91 Å². The number of hydrogen-bond donors (Lipinski definition) is 1. The summed E-state index contributed by atoms with van der Waals surface area (Å²) in [5.74, 6) is 0.104. The van der Waals surface area contributed by atoms with Crippen LogP contribution >= 0.6 is 0 Å². The molecule has 1 aliphatic heterocycles. The molecule has 0 saturated carbocycles. The Morgan fingerprint density at radius 3 is 3.17 bits per heavy atom. The smallest absolute Gasteiger partial charge is 0.234 e. The van der Waals surface area contributed by atoms with Gasteiger partial charge in [0.25, 0.3) is 0 Å². The Kier molecular flexibility index (Phi) is 6.37. The maximum Gasteiger partial charge on any atom is 0.234 e. The molecule has 1 aliphatic carbocycles. The molecule has 1 atom stereocenters. The summed E-state index contributed by atoms with van der Waals surface area (Å²) in [5.41, 5.74) is 1.50. The highest BCUT2D eigenvalue weighted by Crippen LogP contribution is 2.19. The first kappa shape index (κ1) is 17.1. The monoisotopic (exact) mass is 333 g/mol. The van der Waals surface area contributed by atoms with Crippen molar-refractivity contribution in [3.63, 3.8) is 0 Å². The number of ether oxygens (including phenoxy) is 1. The van der Waals surface area contributed by atoms with Crippen LogP contribution in [-0.2, 0) is 16.1 Å². The molecule has 2 heterocycles. The van der Waals surface area contributed by atoms with Gasteiger partial charge in [0.1, 0.15) is 12.7 Å². The molecule has 3 rings (SSSR count). The second kappa shape index (κ2) is 8.94. The molecule has 0 radical (unpaired) electrons. The summed E-state index contributed by atoms with van der Waals surface area (Å²) in [6.07, 6.45) is 11.6. The van der Waals surface area contributed by atoms with Crippen LogP contribution in [0.4, 0.5) is 0 Å². The van der Waals surface area contributed by atoms with E-state index in [0.717, 1.165) is 26.1 Å². The van der Waals surface area contributed by atoms with E-state index in [1.807, 2.05) is 0 Å². The van der Waals surface area contributed by atoms with Crippen molar-refractivity contribution in [3.05, 3.63) is 24.3 Å². The van der Waals surface area contributed by atoms with Gasteiger partial charge in [0, 0.05) is 19.6 Å². The van der Waals surface area contributed by atoms with Crippen LogP contribution in [0.2, 0.25) is 0 Å². The summed E-state index contributed by atoms with van der Waals surface area (Å²) in [6.45, 7) is 4.06. The van der Waals surface area contributed by atoms with Crippen molar-refractivity contribution in [2.24, 2.45) is 0 Å². The minimum atomic E-state index is 0.0562. The predicted molar refractivity (Wildman–Crippen MR) is 90.4 cm³/mol. The Hall–Kier alpha value is -1.73. The first-order chi connectivity index (χ1) is 11.8. The summed E-state index contributed by atoms with van der Waals surface area (Å²) in [5, 5.41) is 7.15. The van der Waals surface area contributed by atoms with Crippen molar-refractivity contribution < 1.29 is 9.53 Å². The summed E-state index contributed by atoms with van der Waals surface area (Å²) in [4.78, 5) is 18.2. The molecule has 7 heteroatoms. The van der Waals surface area contributed by atoms with E-state index in [0.29, 0.717) is 19.7 Å². The van der Waals surface area contributed by atoms with Crippen LogP contribution in [0.25, 0.3) is 0 Å². The molecule has 1 aromatic heterocycles. The number of aromatic nitrogens is 3. The summed E-state index contributed by atoms with van der Waals surface area (Å²) < 4.78 is 7.52. The third-order valence-electron chi connectivity index (χ3n) is 4.60. The van der Waals surface area contributed by atoms with Crippen LogP contribution in [0.3, 0.4) is 0 Å². The molecule has 1 amide bonds. The molecule has 0 unspecified atom stereocenters. The highest BCUT2D eigenvalue weighted by atomic mass is 16.5. The topological polar surface area (TPSA) is 72.3 Å². The second-order valence-electron chi connectivity index (χ2n) is 6.55. The average molecular weight is 333 g/mol. The Morgan fingerprint density at radius 2 is 2.38 bits per heavy atom. The third-order valence-corrected chi connectivity index (χ3v) is 4.60. The standard InChI is InChI=1S/C17H27N5O2/c23-17(19-7-6-15-4-2-1-3-5-15)12-21-8-9-24-16(10-21)11-22-14-18-13-20-22/h4,13-14,16H,1-3,5-12H2,(H,19,23)/t16-/m0/s1. The third kappa shape index (κ3) is 5.42. The lowest BCUT2D eigenvalue weighted by Crippen LogP contribution is -2.48. The first-order valence-electron chi connectivity index (χ1n) is 8.90. The van der Waals surface area contributed by atoms with Crippen LogP contribution in [0, 0.1) is 0 Å². The molecule has 1 aromatic rings. The van der Waals surface area contributed by atoms with E-state index in [9.17, 15) is 4.79 Å². The van der Waals surface area contributed by atoms with Crippen molar-refractivity contribution in [3.8, 4) is 0 Å². The van der Waals surface area contributed by atoms with Gasteiger partial charge in [-0.25, -0.2) is 4.98 Å². The molecule has 132 valence electrons.